The van der Waals surface area contributed by atoms with Crippen molar-refractivity contribution in [1.29, 1.82) is 0 Å². The monoisotopic (exact) mass is 438 g/mol. The molecule has 1 N–H and O–H groups in total. The number of hydrogen-bond acceptors (Lipinski definition) is 5. The molecule has 0 bridgehead atoms. The summed E-state index contributed by atoms with van der Waals surface area (Å²) in [5.74, 6) is 0. The Balaban J connectivity index is 1.40. The number of rotatable bonds is 6. The van der Waals surface area contributed by atoms with Gasteiger partial charge in [0.15, 0.2) is 0 Å². The Morgan fingerprint density at radius 3 is 2.29 bits per heavy atom. The van der Waals surface area contributed by atoms with Crippen molar-refractivity contribution in [2.24, 2.45) is 0 Å². The highest BCUT2D eigenvalue weighted by molar-refractivity contribution is 7.89. The van der Waals surface area contributed by atoms with Gasteiger partial charge in [0.25, 0.3) is 5.56 Å². The highest BCUT2D eigenvalue weighted by atomic mass is 32.2. The number of H-pyrrole nitrogens is 1. The number of aromatic amines is 1. The molecule has 3 aromatic rings. The van der Waals surface area contributed by atoms with Gasteiger partial charge in [0.1, 0.15) is 0 Å². The molecule has 1 aliphatic heterocycles. The summed E-state index contributed by atoms with van der Waals surface area (Å²) in [5.41, 5.74) is 3.23. The number of piperazine rings is 1. The van der Waals surface area contributed by atoms with E-state index in [1.54, 1.807) is 34.6 Å². The van der Waals surface area contributed by atoms with Gasteiger partial charge < -0.3 is 0 Å². The van der Waals surface area contributed by atoms with Crippen LogP contribution in [-0.4, -0.2) is 54.0 Å². The van der Waals surface area contributed by atoms with Crippen LogP contribution >= 0.6 is 0 Å². The molecule has 0 saturated carbocycles. The van der Waals surface area contributed by atoms with Crippen molar-refractivity contribution in [1.82, 2.24) is 19.4 Å². The standard InChI is InChI=1S/C23H26N4O3S/c1-18-15-21(23(28)25-24-18)16-19-7-9-22(10-8-19)31(29,30)27-13-11-26(12-14-27)17-20-5-3-2-4-6-20/h2-10,15H,11-14,16-17H2,1H3,(H,25,28). The maximum atomic E-state index is 13.1. The van der Waals surface area contributed by atoms with E-state index in [-0.39, 0.29) is 10.5 Å². The first-order valence-electron chi connectivity index (χ1n) is 10.3. The lowest BCUT2D eigenvalue weighted by molar-refractivity contribution is 0.181. The van der Waals surface area contributed by atoms with Crippen LogP contribution in [0.2, 0.25) is 0 Å². The van der Waals surface area contributed by atoms with Crippen LogP contribution in [0.4, 0.5) is 0 Å². The lowest BCUT2D eigenvalue weighted by Crippen LogP contribution is -2.48. The molecule has 162 valence electrons. The molecule has 0 unspecified atom stereocenters. The fourth-order valence-electron chi connectivity index (χ4n) is 3.81. The molecular formula is C23H26N4O3S. The molecule has 2 heterocycles. The Kier molecular flexibility index (Phi) is 6.31. The number of hydrogen-bond donors (Lipinski definition) is 1. The molecule has 0 spiro atoms. The van der Waals surface area contributed by atoms with E-state index in [0.29, 0.717) is 38.2 Å². The number of sulfonamides is 1. The zero-order valence-electron chi connectivity index (χ0n) is 17.5. The third-order valence-electron chi connectivity index (χ3n) is 5.54. The summed E-state index contributed by atoms with van der Waals surface area (Å²) in [6, 6.07) is 18.8. The third kappa shape index (κ3) is 5.10. The van der Waals surface area contributed by atoms with Crippen molar-refractivity contribution >= 4 is 10.0 Å². The lowest BCUT2D eigenvalue weighted by Gasteiger charge is -2.34. The Labute approximate surface area is 182 Å². The molecular weight excluding hydrogens is 412 g/mol. The Morgan fingerprint density at radius 2 is 1.61 bits per heavy atom. The average molecular weight is 439 g/mol. The van der Waals surface area contributed by atoms with Gasteiger partial charge in [0, 0.05) is 44.7 Å². The predicted molar refractivity (Wildman–Crippen MR) is 119 cm³/mol. The summed E-state index contributed by atoms with van der Waals surface area (Å²) >= 11 is 0. The number of nitrogens with one attached hydrogen (secondary N) is 1. The zero-order valence-corrected chi connectivity index (χ0v) is 18.3. The van der Waals surface area contributed by atoms with E-state index in [4.69, 9.17) is 0 Å². The van der Waals surface area contributed by atoms with Crippen LogP contribution in [0.3, 0.4) is 0 Å². The second-order valence-corrected chi connectivity index (χ2v) is 9.79. The van der Waals surface area contributed by atoms with Gasteiger partial charge in [0.2, 0.25) is 10.0 Å². The SMILES string of the molecule is Cc1cc(Cc2ccc(S(=O)(=O)N3CCN(Cc4ccccc4)CC3)cc2)c(=O)[nH]n1. The first-order valence-corrected chi connectivity index (χ1v) is 11.8. The van der Waals surface area contributed by atoms with E-state index < -0.39 is 10.0 Å². The largest absolute Gasteiger partial charge is 0.296 e. The molecule has 8 heteroatoms. The fourth-order valence-corrected chi connectivity index (χ4v) is 5.23. The minimum Gasteiger partial charge on any atom is -0.296 e. The molecule has 1 aromatic heterocycles. The van der Waals surface area contributed by atoms with E-state index in [2.05, 4.69) is 27.2 Å². The Bertz CT molecular complexity index is 1180. The van der Waals surface area contributed by atoms with Crippen LogP contribution < -0.4 is 5.56 Å². The molecule has 0 atom stereocenters. The molecule has 31 heavy (non-hydrogen) atoms. The van der Waals surface area contributed by atoms with Gasteiger partial charge in [-0.15, -0.1) is 0 Å². The summed E-state index contributed by atoms with van der Waals surface area (Å²) in [6.07, 6.45) is 0.428. The highest BCUT2D eigenvalue weighted by Crippen LogP contribution is 2.20. The van der Waals surface area contributed by atoms with Crippen LogP contribution in [0.5, 0.6) is 0 Å². The zero-order chi connectivity index (χ0) is 21.8. The highest BCUT2D eigenvalue weighted by Gasteiger charge is 2.28. The van der Waals surface area contributed by atoms with Gasteiger partial charge in [0.05, 0.1) is 10.6 Å². The summed E-state index contributed by atoms with van der Waals surface area (Å²) in [6.45, 7) is 5.00. The fraction of sp³-hybridized carbons (Fsp3) is 0.304. The normalized spacial score (nSPS) is 15.8. The predicted octanol–water partition coefficient (Wildman–Crippen LogP) is 2.18. The van der Waals surface area contributed by atoms with E-state index in [1.807, 2.05) is 25.1 Å². The number of benzene rings is 2. The summed E-state index contributed by atoms with van der Waals surface area (Å²) in [5, 5.41) is 6.36. The van der Waals surface area contributed by atoms with Gasteiger partial charge in [-0.2, -0.15) is 9.40 Å². The van der Waals surface area contributed by atoms with Crippen LogP contribution in [0.1, 0.15) is 22.4 Å². The van der Waals surface area contributed by atoms with Crippen molar-refractivity contribution in [3.05, 3.63) is 93.4 Å². The second-order valence-electron chi connectivity index (χ2n) is 7.85. The average Bonchev–Trinajstić information content (AvgIpc) is 2.78. The van der Waals surface area contributed by atoms with Gasteiger partial charge in [-0.05, 0) is 36.2 Å². The summed E-state index contributed by atoms with van der Waals surface area (Å²) in [7, 11) is -3.53. The Morgan fingerprint density at radius 1 is 0.935 bits per heavy atom. The lowest BCUT2D eigenvalue weighted by atomic mass is 10.1. The number of nitrogens with zero attached hydrogens (tertiary/aromatic N) is 3. The van der Waals surface area contributed by atoms with Crippen LogP contribution in [0.25, 0.3) is 0 Å². The van der Waals surface area contributed by atoms with Gasteiger partial charge >= 0.3 is 0 Å². The first kappa shape index (κ1) is 21.4. The molecule has 2 aromatic carbocycles. The molecule has 1 saturated heterocycles. The maximum Gasteiger partial charge on any atom is 0.267 e. The first-order chi connectivity index (χ1) is 14.9. The Hall–Kier alpha value is -2.81. The van der Waals surface area contributed by atoms with E-state index >= 15 is 0 Å². The minimum atomic E-state index is -3.53. The molecule has 0 aliphatic carbocycles. The van der Waals surface area contributed by atoms with Gasteiger partial charge in [-0.3, -0.25) is 9.69 Å². The molecule has 7 nitrogen and oxygen atoms in total. The quantitative estimate of drug-likeness (QED) is 0.638. The third-order valence-corrected chi connectivity index (χ3v) is 7.46. The van der Waals surface area contributed by atoms with Gasteiger partial charge in [-0.25, -0.2) is 13.5 Å². The minimum absolute atomic E-state index is 0.226. The van der Waals surface area contributed by atoms with Crippen molar-refractivity contribution in [3.63, 3.8) is 0 Å². The van der Waals surface area contributed by atoms with Crippen molar-refractivity contribution in [2.45, 2.75) is 24.8 Å². The van der Waals surface area contributed by atoms with Crippen LogP contribution in [0, 0.1) is 6.92 Å². The maximum absolute atomic E-state index is 13.1. The van der Waals surface area contributed by atoms with Crippen LogP contribution in [-0.2, 0) is 23.0 Å². The van der Waals surface area contributed by atoms with Crippen molar-refractivity contribution in [3.8, 4) is 0 Å². The second kappa shape index (κ2) is 9.13. The van der Waals surface area contributed by atoms with E-state index in [0.717, 1.165) is 17.8 Å². The summed E-state index contributed by atoms with van der Waals surface area (Å²) < 4.78 is 27.7. The van der Waals surface area contributed by atoms with Crippen LogP contribution in [0.15, 0.2) is 70.4 Å². The van der Waals surface area contributed by atoms with E-state index in [9.17, 15) is 13.2 Å². The molecule has 0 radical (unpaired) electrons. The molecule has 1 fully saturated rings. The smallest absolute Gasteiger partial charge is 0.267 e. The van der Waals surface area contributed by atoms with Gasteiger partial charge in [-0.1, -0.05) is 42.5 Å². The molecule has 0 amide bonds. The topological polar surface area (TPSA) is 86.4 Å². The molecule has 4 rings (SSSR count). The summed E-state index contributed by atoms with van der Waals surface area (Å²) in [4.78, 5) is 14.5. The molecule has 1 aliphatic rings. The number of aromatic nitrogens is 2. The van der Waals surface area contributed by atoms with Crippen molar-refractivity contribution < 1.29 is 8.42 Å². The van der Waals surface area contributed by atoms with E-state index in [1.165, 1.54) is 5.56 Å². The van der Waals surface area contributed by atoms with Crippen molar-refractivity contribution in [2.75, 3.05) is 26.2 Å². The number of aryl methyl sites for hydroxylation is 1.